The second-order valence-corrected chi connectivity index (χ2v) is 13.0. The van der Waals surface area contributed by atoms with Crippen LogP contribution in [0.2, 0.25) is 0 Å². The van der Waals surface area contributed by atoms with Crippen molar-refractivity contribution in [3.8, 4) is 0 Å². The van der Waals surface area contributed by atoms with E-state index in [0.717, 1.165) is 44.3 Å². The Balaban J connectivity index is 0.000000153. The largest absolute Gasteiger partial charge is 0.481 e. The molecule has 7 heteroatoms. The molecule has 0 aromatic heterocycles. The van der Waals surface area contributed by atoms with Crippen molar-refractivity contribution in [1.82, 2.24) is 0 Å². The van der Waals surface area contributed by atoms with Crippen molar-refractivity contribution in [2.75, 3.05) is 4.90 Å². The molecule has 0 atom stereocenters. The number of nitrogens with zero attached hydrogens (tertiary/aromatic N) is 1. The minimum Gasteiger partial charge on any atom is -0.481 e. The number of carboxylic acid groups (broad SMARTS) is 2. The third-order valence-corrected chi connectivity index (χ3v) is 9.70. The summed E-state index contributed by atoms with van der Waals surface area (Å²) in [6.45, 7) is 1.84. The van der Waals surface area contributed by atoms with E-state index in [-0.39, 0.29) is 31.1 Å². The summed E-state index contributed by atoms with van der Waals surface area (Å²) in [5.41, 5.74) is 1.48. The zero-order valence-electron chi connectivity index (χ0n) is 28.3. The number of hydrogen-bond donors (Lipinski definition) is 2. The summed E-state index contributed by atoms with van der Waals surface area (Å²) in [4.78, 5) is 46.9. The average molecular weight is 676 g/mol. The zero-order valence-corrected chi connectivity index (χ0v) is 28.3. The number of carbonyl (C=O) groups is 4. The van der Waals surface area contributed by atoms with Crippen molar-refractivity contribution in [1.29, 1.82) is 0 Å². The van der Waals surface area contributed by atoms with Crippen LogP contribution in [0.3, 0.4) is 0 Å². The maximum atomic E-state index is 12.5. The fourth-order valence-corrected chi connectivity index (χ4v) is 7.46. The van der Waals surface area contributed by atoms with E-state index >= 15 is 0 Å². The molecule has 0 radical (unpaired) electrons. The quantitative estimate of drug-likeness (QED) is 0.128. The summed E-state index contributed by atoms with van der Waals surface area (Å²) in [5.74, 6) is -1.94. The lowest BCUT2D eigenvalue weighted by molar-refractivity contribution is -0.138. The SMILES string of the molecule is CCCC(=O)O.O=C(O)CCCc1c(N2C(=O)CCC2=O)cc2ccc3cccc4ccc1c2c34.c1cc2ccc3cccc4ccc(c1)c2c34. The van der Waals surface area contributed by atoms with E-state index in [9.17, 15) is 19.2 Å². The highest BCUT2D eigenvalue weighted by Gasteiger charge is 2.32. The van der Waals surface area contributed by atoms with Gasteiger partial charge in [-0.05, 0) is 95.5 Å². The molecule has 8 aromatic carbocycles. The van der Waals surface area contributed by atoms with E-state index in [2.05, 4.69) is 84.9 Å². The second-order valence-electron chi connectivity index (χ2n) is 13.0. The molecular weight excluding hydrogens is 638 g/mol. The minimum absolute atomic E-state index is 0.0450. The Kier molecular flexibility index (Phi) is 9.20. The molecule has 9 rings (SSSR count). The fourth-order valence-electron chi connectivity index (χ4n) is 7.46. The Hall–Kier alpha value is -6.08. The van der Waals surface area contributed by atoms with Crippen LogP contribution in [0, 0.1) is 0 Å². The monoisotopic (exact) mass is 675 g/mol. The maximum absolute atomic E-state index is 12.5. The number of imide groups is 1. The number of anilines is 1. The Labute approximate surface area is 294 Å². The first kappa shape index (κ1) is 33.4. The van der Waals surface area contributed by atoms with Gasteiger partial charge in [0.1, 0.15) is 0 Å². The van der Waals surface area contributed by atoms with Gasteiger partial charge in [0.2, 0.25) is 11.8 Å². The number of benzene rings is 8. The molecule has 0 bridgehead atoms. The van der Waals surface area contributed by atoms with Gasteiger partial charge in [0.25, 0.3) is 0 Å². The van der Waals surface area contributed by atoms with Crippen LogP contribution in [0.25, 0.3) is 64.6 Å². The molecule has 0 spiro atoms. The van der Waals surface area contributed by atoms with Crippen LogP contribution in [0.1, 0.15) is 51.0 Å². The van der Waals surface area contributed by atoms with E-state index < -0.39 is 11.9 Å². The first-order valence-electron chi connectivity index (χ1n) is 17.4. The Bertz CT molecular complexity index is 2430. The summed E-state index contributed by atoms with van der Waals surface area (Å²) in [6.07, 6.45) is 2.45. The number of amides is 2. The van der Waals surface area contributed by atoms with Crippen molar-refractivity contribution in [2.24, 2.45) is 0 Å². The molecule has 254 valence electrons. The highest BCUT2D eigenvalue weighted by molar-refractivity contribution is 6.27. The molecule has 0 unspecified atom stereocenters. The van der Waals surface area contributed by atoms with Crippen LogP contribution in [0.15, 0.2) is 109 Å². The second kappa shape index (κ2) is 14.0. The fraction of sp³-hybridized carbons (Fsp3) is 0.182. The zero-order chi connectivity index (χ0) is 35.6. The standard InChI is InChI=1S/C24H19NO4.C16H10.C4H8O2/c26-20-11-12-21(27)25(20)19-13-16-8-7-14-3-1-4-15-9-10-18(24(16)23(14)15)17(19)5-2-6-22(28)29;1-3-11-7-9-13-5-2-6-14-10-8-12(4-1)15(11)16(13)14;1-2-3-4(5)6/h1,3-4,7-10,13H,2,5-6,11-12H2,(H,28,29);1-10H;2-3H2,1H3,(H,5,6). The Morgan fingerprint density at radius 2 is 0.980 bits per heavy atom. The first-order valence-corrected chi connectivity index (χ1v) is 17.4. The molecule has 1 saturated heterocycles. The van der Waals surface area contributed by atoms with Crippen molar-refractivity contribution in [2.45, 2.75) is 51.9 Å². The van der Waals surface area contributed by atoms with E-state index in [1.54, 1.807) is 0 Å². The molecule has 2 N–H and O–H groups in total. The molecular formula is C44H37NO6. The minimum atomic E-state index is -0.849. The van der Waals surface area contributed by atoms with E-state index in [1.807, 2.05) is 31.2 Å². The molecule has 1 aliphatic rings. The predicted octanol–water partition coefficient (Wildman–Crippen LogP) is 10.1. The van der Waals surface area contributed by atoms with Crippen molar-refractivity contribution in [3.05, 3.63) is 115 Å². The third-order valence-electron chi connectivity index (χ3n) is 9.70. The van der Waals surface area contributed by atoms with Crippen LogP contribution in [-0.2, 0) is 25.6 Å². The van der Waals surface area contributed by atoms with Gasteiger partial charge >= 0.3 is 11.9 Å². The molecule has 7 nitrogen and oxygen atoms in total. The van der Waals surface area contributed by atoms with Crippen molar-refractivity contribution >= 4 is 94.1 Å². The number of rotatable bonds is 7. The van der Waals surface area contributed by atoms with E-state index in [1.165, 1.54) is 37.2 Å². The van der Waals surface area contributed by atoms with Gasteiger partial charge in [0.15, 0.2) is 0 Å². The van der Waals surface area contributed by atoms with Crippen molar-refractivity contribution in [3.63, 3.8) is 0 Å². The summed E-state index contributed by atoms with van der Waals surface area (Å²) in [5, 5.41) is 31.6. The van der Waals surface area contributed by atoms with Gasteiger partial charge in [0.05, 0.1) is 5.69 Å². The van der Waals surface area contributed by atoms with Crippen LogP contribution in [0.4, 0.5) is 5.69 Å². The lowest BCUT2D eigenvalue weighted by Gasteiger charge is -2.22. The van der Waals surface area contributed by atoms with Crippen LogP contribution < -0.4 is 4.90 Å². The molecule has 0 aliphatic carbocycles. The molecule has 8 aromatic rings. The van der Waals surface area contributed by atoms with Crippen molar-refractivity contribution < 1.29 is 29.4 Å². The molecule has 1 aliphatic heterocycles. The normalized spacial score (nSPS) is 13.0. The highest BCUT2D eigenvalue weighted by atomic mass is 16.4. The Morgan fingerprint density at radius 1 is 0.569 bits per heavy atom. The van der Waals surface area contributed by atoms with Crippen LogP contribution in [-0.4, -0.2) is 34.0 Å². The van der Waals surface area contributed by atoms with Gasteiger partial charge in [0, 0.05) is 25.7 Å². The lowest BCUT2D eigenvalue weighted by Crippen LogP contribution is -2.29. The number of aliphatic carboxylic acids is 2. The van der Waals surface area contributed by atoms with Crippen LogP contribution >= 0.6 is 0 Å². The van der Waals surface area contributed by atoms with Gasteiger partial charge in [-0.1, -0.05) is 110 Å². The summed E-state index contributed by atoms with van der Waals surface area (Å²) < 4.78 is 0. The topological polar surface area (TPSA) is 112 Å². The van der Waals surface area contributed by atoms with Gasteiger partial charge in [-0.15, -0.1) is 0 Å². The van der Waals surface area contributed by atoms with E-state index in [4.69, 9.17) is 10.2 Å². The van der Waals surface area contributed by atoms with Gasteiger partial charge < -0.3 is 10.2 Å². The summed E-state index contributed by atoms with van der Waals surface area (Å²) >= 11 is 0. The molecule has 1 fully saturated rings. The molecule has 0 saturated carbocycles. The van der Waals surface area contributed by atoms with Gasteiger partial charge in [-0.2, -0.15) is 0 Å². The molecule has 2 amide bonds. The number of carboxylic acids is 2. The molecule has 51 heavy (non-hydrogen) atoms. The summed E-state index contributed by atoms with van der Waals surface area (Å²) in [6, 6.07) is 38.1. The van der Waals surface area contributed by atoms with E-state index in [0.29, 0.717) is 24.9 Å². The lowest BCUT2D eigenvalue weighted by atomic mass is 9.89. The smallest absolute Gasteiger partial charge is 0.303 e. The highest BCUT2D eigenvalue weighted by Crippen LogP contribution is 2.42. The number of aryl methyl sites for hydroxylation is 1. The maximum Gasteiger partial charge on any atom is 0.303 e. The van der Waals surface area contributed by atoms with Gasteiger partial charge in [-0.25, -0.2) is 0 Å². The average Bonchev–Trinajstić information content (AvgIpc) is 3.47. The number of carbonyl (C=O) groups excluding carboxylic acids is 2. The summed E-state index contributed by atoms with van der Waals surface area (Å²) in [7, 11) is 0. The Morgan fingerprint density at radius 3 is 1.39 bits per heavy atom. The van der Waals surface area contributed by atoms with Crippen LogP contribution in [0.5, 0.6) is 0 Å². The predicted molar refractivity (Wildman–Crippen MR) is 205 cm³/mol. The third kappa shape index (κ3) is 6.39. The van der Waals surface area contributed by atoms with Gasteiger partial charge in [-0.3, -0.25) is 24.1 Å². The molecule has 1 heterocycles. The first-order chi connectivity index (χ1) is 24.7. The number of hydrogen-bond acceptors (Lipinski definition) is 4.